The van der Waals surface area contributed by atoms with Gasteiger partial charge in [-0.25, -0.2) is 0 Å². The van der Waals surface area contributed by atoms with Gasteiger partial charge in [-0.2, -0.15) is 0 Å². The van der Waals surface area contributed by atoms with E-state index in [1.807, 2.05) is 12.2 Å². The average Bonchev–Trinajstić information content (AvgIpc) is 2.10. The summed E-state index contributed by atoms with van der Waals surface area (Å²) in [4.78, 5) is 0. The Balaban J connectivity index is 2.87. The van der Waals surface area contributed by atoms with E-state index in [-0.39, 0.29) is 5.75 Å². The number of aromatic hydroxyl groups is 1. The maximum absolute atomic E-state index is 9.45. The van der Waals surface area contributed by atoms with Crippen LogP contribution in [-0.4, -0.2) is 5.11 Å². The lowest BCUT2D eigenvalue weighted by Crippen LogP contribution is -1.76. The van der Waals surface area contributed by atoms with Crippen molar-refractivity contribution in [3.63, 3.8) is 0 Å². The quantitative estimate of drug-likeness (QED) is 0.779. The van der Waals surface area contributed by atoms with Crippen LogP contribution in [0.25, 0.3) is 6.08 Å². The molecule has 0 amide bonds. The Bertz CT molecular complexity index is 285. The molecule has 1 aromatic carbocycles. The van der Waals surface area contributed by atoms with Gasteiger partial charge in [-0.05, 0) is 18.6 Å². The second-order valence-corrected chi connectivity index (χ2v) is 3.27. The Hall–Kier alpha value is -0.950. The number of hydrogen-bond donors (Lipinski definition) is 1. The van der Waals surface area contributed by atoms with Crippen molar-refractivity contribution < 1.29 is 5.11 Å². The molecular formula is C11H13ClO. The van der Waals surface area contributed by atoms with E-state index >= 15 is 0 Å². The minimum absolute atomic E-state index is 0.236. The molecule has 0 heterocycles. The third kappa shape index (κ3) is 2.78. The summed E-state index contributed by atoms with van der Waals surface area (Å²) in [6, 6.07) is 5.14. The number of phenols is 1. The number of rotatable bonds is 3. The second kappa shape index (κ2) is 4.93. The van der Waals surface area contributed by atoms with Gasteiger partial charge in [0.05, 0.1) is 5.02 Å². The molecule has 0 unspecified atom stereocenters. The van der Waals surface area contributed by atoms with E-state index in [4.69, 9.17) is 11.6 Å². The van der Waals surface area contributed by atoms with Crippen LogP contribution in [-0.2, 0) is 0 Å². The van der Waals surface area contributed by atoms with E-state index in [9.17, 15) is 5.11 Å². The first kappa shape index (κ1) is 10.1. The Kier molecular flexibility index (Phi) is 3.84. The molecule has 0 spiro atoms. The van der Waals surface area contributed by atoms with Crippen LogP contribution < -0.4 is 0 Å². The minimum Gasteiger partial charge on any atom is -0.507 e. The maximum Gasteiger partial charge on any atom is 0.124 e. The molecule has 0 saturated heterocycles. The van der Waals surface area contributed by atoms with Crippen molar-refractivity contribution in [3.8, 4) is 5.75 Å². The Morgan fingerprint density at radius 1 is 1.46 bits per heavy atom. The number of allylic oxidation sites excluding steroid dienone is 1. The van der Waals surface area contributed by atoms with Gasteiger partial charge in [-0.15, -0.1) is 0 Å². The van der Waals surface area contributed by atoms with Gasteiger partial charge in [-0.1, -0.05) is 43.2 Å². The SMILES string of the molecule is CCCC=Cc1c(O)cccc1Cl. The fourth-order valence-corrected chi connectivity index (χ4v) is 1.29. The van der Waals surface area contributed by atoms with E-state index in [2.05, 4.69) is 6.92 Å². The maximum atomic E-state index is 9.45. The van der Waals surface area contributed by atoms with E-state index in [0.717, 1.165) is 12.8 Å². The highest BCUT2D eigenvalue weighted by molar-refractivity contribution is 6.32. The van der Waals surface area contributed by atoms with Crippen LogP contribution in [0.4, 0.5) is 0 Å². The first-order chi connectivity index (χ1) is 6.25. The van der Waals surface area contributed by atoms with Gasteiger partial charge >= 0.3 is 0 Å². The number of unbranched alkanes of at least 4 members (excludes halogenated alkanes) is 1. The van der Waals surface area contributed by atoms with Crippen molar-refractivity contribution in [2.24, 2.45) is 0 Å². The molecule has 2 heteroatoms. The van der Waals surface area contributed by atoms with Crippen molar-refractivity contribution in [3.05, 3.63) is 34.9 Å². The summed E-state index contributed by atoms with van der Waals surface area (Å²) in [5.41, 5.74) is 0.706. The second-order valence-electron chi connectivity index (χ2n) is 2.86. The molecule has 13 heavy (non-hydrogen) atoms. The van der Waals surface area contributed by atoms with Gasteiger partial charge in [0.25, 0.3) is 0 Å². The van der Waals surface area contributed by atoms with Crippen molar-refractivity contribution in [2.45, 2.75) is 19.8 Å². The number of halogens is 1. The highest BCUT2D eigenvalue weighted by Gasteiger charge is 2.00. The van der Waals surface area contributed by atoms with Gasteiger partial charge in [0.2, 0.25) is 0 Å². The molecule has 1 aromatic rings. The largest absolute Gasteiger partial charge is 0.507 e. The third-order valence-corrected chi connectivity index (χ3v) is 2.10. The van der Waals surface area contributed by atoms with Crippen LogP contribution in [0.5, 0.6) is 5.75 Å². The van der Waals surface area contributed by atoms with E-state index < -0.39 is 0 Å². The fourth-order valence-electron chi connectivity index (χ4n) is 1.06. The smallest absolute Gasteiger partial charge is 0.124 e. The van der Waals surface area contributed by atoms with Gasteiger partial charge < -0.3 is 5.11 Å². The third-order valence-electron chi connectivity index (χ3n) is 1.77. The summed E-state index contributed by atoms with van der Waals surface area (Å²) in [6.45, 7) is 2.11. The predicted molar refractivity (Wildman–Crippen MR) is 57.1 cm³/mol. The zero-order valence-corrected chi connectivity index (χ0v) is 8.38. The molecule has 1 rings (SSSR count). The zero-order chi connectivity index (χ0) is 9.68. The molecule has 0 aliphatic rings. The van der Waals surface area contributed by atoms with E-state index in [0.29, 0.717) is 10.6 Å². The standard InChI is InChI=1S/C11H13ClO/c1-2-3-4-6-9-10(12)7-5-8-11(9)13/h4-8,13H,2-3H2,1H3. The molecule has 0 fully saturated rings. The monoisotopic (exact) mass is 196 g/mol. The molecule has 1 N–H and O–H groups in total. The summed E-state index contributed by atoms with van der Waals surface area (Å²) >= 11 is 5.90. The predicted octanol–water partition coefficient (Wildman–Crippen LogP) is 3.86. The summed E-state index contributed by atoms with van der Waals surface area (Å²) in [5, 5.41) is 10.0. The zero-order valence-electron chi connectivity index (χ0n) is 7.63. The summed E-state index contributed by atoms with van der Waals surface area (Å²) in [5.74, 6) is 0.236. The van der Waals surface area contributed by atoms with Gasteiger partial charge in [-0.3, -0.25) is 0 Å². The van der Waals surface area contributed by atoms with E-state index in [1.165, 1.54) is 0 Å². The van der Waals surface area contributed by atoms with E-state index in [1.54, 1.807) is 18.2 Å². The normalized spacial score (nSPS) is 10.9. The summed E-state index contributed by atoms with van der Waals surface area (Å²) < 4.78 is 0. The molecular weight excluding hydrogens is 184 g/mol. The van der Waals surface area contributed by atoms with Gasteiger partial charge in [0, 0.05) is 5.56 Å². The molecule has 0 aromatic heterocycles. The van der Waals surface area contributed by atoms with Crippen LogP contribution in [0.2, 0.25) is 5.02 Å². The van der Waals surface area contributed by atoms with Crippen molar-refractivity contribution in [2.75, 3.05) is 0 Å². The molecule has 70 valence electrons. The molecule has 0 aliphatic carbocycles. The topological polar surface area (TPSA) is 20.2 Å². The van der Waals surface area contributed by atoms with Crippen molar-refractivity contribution in [1.29, 1.82) is 0 Å². The molecule has 0 atom stereocenters. The first-order valence-electron chi connectivity index (χ1n) is 4.39. The van der Waals surface area contributed by atoms with Crippen LogP contribution >= 0.6 is 11.6 Å². The average molecular weight is 197 g/mol. The Morgan fingerprint density at radius 3 is 2.85 bits per heavy atom. The first-order valence-corrected chi connectivity index (χ1v) is 4.77. The number of benzene rings is 1. The molecule has 0 radical (unpaired) electrons. The number of hydrogen-bond acceptors (Lipinski definition) is 1. The van der Waals surface area contributed by atoms with Crippen LogP contribution in [0, 0.1) is 0 Å². The fraction of sp³-hybridized carbons (Fsp3) is 0.273. The Labute approximate surface area is 83.7 Å². The number of phenolic OH excluding ortho intramolecular Hbond substituents is 1. The van der Waals surface area contributed by atoms with Crippen LogP contribution in [0.15, 0.2) is 24.3 Å². The van der Waals surface area contributed by atoms with Crippen LogP contribution in [0.3, 0.4) is 0 Å². The van der Waals surface area contributed by atoms with Crippen molar-refractivity contribution >= 4 is 17.7 Å². The highest BCUT2D eigenvalue weighted by atomic mass is 35.5. The lowest BCUT2D eigenvalue weighted by atomic mass is 10.1. The molecule has 0 saturated carbocycles. The molecule has 1 nitrogen and oxygen atoms in total. The minimum atomic E-state index is 0.236. The van der Waals surface area contributed by atoms with Crippen molar-refractivity contribution in [1.82, 2.24) is 0 Å². The summed E-state index contributed by atoms with van der Waals surface area (Å²) in [7, 11) is 0. The highest BCUT2D eigenvalue weighted by Crippen LogP contribution is 2.26. The Morgan fingerprint density at radius 2 is 2.23 bits per heavy atom. The summed E-state index contributed by atoms with van der Waals surface area (Å²) in [6.07, 6.45) is 5.98. The van der Waals surface area contributed by atoms with Crippen LogP contribution in [0.1, 0.15) is 25.3 Å². The van der Waals surface area contributed by atoms with Gasteiger partial charge in [0.1, 0.15) is 5.75 Å². The molecule has 0 bridgehead atoms. The lowest BCUT2D eigenvalue weighted by Gasteiger charge is -2.00. The van der Waals surface area contributed by atoms with Gasteiger partial charge in [0.15, 0.2) is 0 Å². The molecule has 0 aliphatic heterocycles. The lowest BCUT2D eigenvalue weighted by molar-refractivity contribution is 0.474.